The molecule has 0 radical (unpaired) electrons. The van der Waals surface area contributed by atoms with Gasteiger partial charge in [0.2, 0.25) is 5.88 Å². The second kappa shape index (κ2) is 7.99. The van der Waals surface area contributed by atoms with Gasteiger partial charge in [-0.25, -0.2) is 0 Å². The first-order valence-electron chi connectivity index (χ1n) is 8.54. The van der Waals surface area contributed by atoms with Gasteiger partial charge >= 0.3 is 6.01 Å². The summed E-state index contributed by atoms with van der Waals surface area (Å²) in [7, 11) is 2.96. The molecule has 0 atom stereocenters. The van der Waals surface area contributed by atoms with E-state index < -0.39 is 0 Å². The molecular formula is C18H23N5O3. The van der Waals surface area contributed by atoms with Crippen LogP contribution in [0.5, 0.6) is 11.9 Å². The van der Waals surface area contributed by atoms with Crippen molar-refractivity contribution < 1.29 is 14.3 Å². The molecule has 1 fully saturated rings. The van der Waals surface area contributed by atoms with Crippen LogP contribution in [0.1, 0.15) is 22.5 Å². The summed E-state index contributed by atoms with van der Waals surface area (Å²) in [6.45, 7) is 5.00. The quantitative estimate of drug-likeness (QED) is 0.821. The van der Waals surface area contributed by atoms with Crippen LogP contribution >= 0.6 is 0 Å². The van der Waals surface area contributed by atoms with Crippen molar-refractivity contribution in [2.45, 2.75) is 13.3 Å². The first-order chi connectivity index (χ1) is 12.6. The highest BCUT2D eigenvalue weighted by Gasteiger charge is 2.23. The SMILES string of the molecule is COc1cc(C(=O)N2CCCN(c3ccncc3C)CC2)nc(OC)n1. The van der Waals surface area contributed by atoms with Crippen molar-refractivity contribution in [1.29, 1.82) is 0 Å². The summed E-state index contributed by atoms with van der Waals surface area (Å²) in [5.41, 5.74) is 2.58. The van der Waals surface area contributed by atoms with Crippen molar-refractivity contribution in [3.63, 3.8) is 0 Å². The second-order valence-corrected chi connectivity index (χ2v) is 6.08. The Labute approximate surface area is 152 Å². The Kier molecular flexibility index (Phi) is 5.50. The first kappa shape index (κ1) is 17.9. The van der Waals surface area contributed by atoms with Crippen LogP contribution in [0.4, 0.5) is 5.69 Å². The van der Waals surface area contributed by atoms with Crippen molar-refractivity contribution >= 4 is 11.6 Å². The number of ether oxygens (including phenoxy) is 2. The van der Waals surface area contributed by atoms with Crippen LogP contribution in [-0.2, 0) is 0 Å². The molecule has 0 saturated carbocycles. The molecule has 0 aliphatic carbocycles. The smallest absolute Gasteiger partial charge is 0.320 e. The topological polar surface area (TPSA) is 80.7 Å². The van der Waals surface area contributed by atoms with Crippen LogP contribution < -0.4 is 14.4 Å². The highest BCUT2D eigenvalue weighted by atomic mass is 16.5. The molecule has 0 bridgehead atoms. The predicted molar refractivity (Wildman–Crippen MR) is 96.8 cm³/mol. The molecule has 1 amide bonds. The third-order valence-electron chi connectivity index (χ3n) is 4.41. The van der Waals surface area contributed by atoms with Crippen molar-refractivity contribution in [2.24, 2.45) is 0 Å². The van der Waals surface area contributed by atoms with E-state index in [2.05, 4.69) is 26.8 Å². The molecular weight excluding hydrogens is 334 g/mol. The fourth-order valence-electron chi connectivity index (χ4n) is 3.05. The van der Waals surface area contributed by atoms with Crippen LogP contribution in [0.25, 0.3) is 0 Å². The van der Waals surface area contributed by atoms with Gasteiger partial charge in [-0.3, -0.25) is 9.78 Å². The third-order valence-corrected chi connectivity index (χ3v) is 4.41. The Morgan fingerprint density at radius 3 is 2.69 bits per heavy atom. The molecule has 0 unspecified atom stereocenters. The first-order valence-corrected chi connectivity index (χ1v) is 8.54. The lowest BCUT2D eigenvalue weighted by atomic mass is 10.2. The number of aryl methyl sites for hydroxylation is 1. The summed E-state index contributed by atoms with van der Waals surface area (Å²) >= 11 is 0. The molecule has 1 aliphatic rings. The second-order valence-electron chi connectivity index (χ2n) is 6.08. The van der Waals surface area contributed by atoms with Gasteiger partial charge in [-0.05, 0) is 25.0 Å². The molecule has 26 heavy (non-hydrogen) atoms. The molecule has 2 aromatic rings. The number of carbonyl (C=O) groups excluding carboxylic acids is 1. The monoisotopic (exact) mass is 357 g/mol. The molecule has 0 aromatic carbocycles. The number of rotatable bonds is 4. The maximum Gasteiger partial charge on any atom is 0.320 e. The molecule has 3 rings (SSSR count). The standard InChI is InChI=1S/C18H23N5O3/c1-13-12-19-6-5-15(13)22-7-4-8-23(10-9-22)17(24)14-11-16(25-2)21-18(20-14)26-3/h5-6,11-12H,4,7-10H2,1-3H3. The minimum Gasteiger partial charge on any atom is -0.481 e. The van der Waals surface area contributed by atoms with Crippen LogP contribution in [-0.4, -0.2) is 66.2 Å². The van der Waals surface area contributed by atoms with E-state index in [9.17, 15) is 4.79 Å². The summed E-state index contributed by atoms with van der Waals surface area (Å²) in [6.07, 6.45) is 4.55. The van der Waals surface area contributed by atoms with E-state index >= 15 is 0 Å². The Hall–Kier alpha value is -2.90. The Morgan fingerprint density at radius 1 is 1.12 bits per heavy atom. The minimum atomic E-state index is -0.141. The van der Waals surface area contributed by atoms with Crippen molar-refractivity contribution in [2.75, 3.05) is 45.3 Å². The van der Waals surface area contributed by atoms with E-state index in [-0.39, 0.29) is 17.6 Å². The maximum atomic E-state index is 12.9. The van der Waals surface area contributed by atoms with Crippen LogP contribution in [0.15, 0.2) is 24.5 Å². The largest absolute Gasteiger partial charge is 0.481 e. The number of aromatic nitrogens is 3. The predicted octanol–water partition coefficient (Wildman–Crippen LogP) is 1.55. The van der Waals surface area contributed by atoms with Crippen molar-refractivity contribution in [1.82, 2.24) is 19.9 Å². The molecule has 0 spiro atoms. The number of pyridine rings is 1. The maximum absolute atomic E-state index is 12.9. The van der Waals surface area contributed by atoms with Crippen molar-refractivity contribution in [3.05, 3.63) is 35.8 Å². The number of nitrogens with zero attached hydrogens (tertiary/aromatic N) is 5. The fourth-order valence-corrected chi connectivity index (χ4v) is 3.05. The lowest BCUT2D eigenvalue weighted by Gasteiger charge is -2.25. The van der Waals surface area contributed by atoms with Crippen LogP contribution in [0.3, 0.4) is 0 Å². The molecule has 3 heterocycles. The lowest BCUT2D eigenvalue weighted by molar-refractivity contribution is 0.0759. The Morgan fingerprint density at radius 2 is 1.96 bits per heavy atom. The van der Waals surface area contributed by atoms with Gasteiger partial charge < -0.3 is 19.3 Å². The normalized spacial score (nSPS) is 14.7. The Balaban J connectivity index is 1.75. The zero-order chi connectivity index (χ0) is 18.5. The Bertz CT molecular complexity index is 761. The molecule has 1 saturated heterocycles. The van der Waals surface area contributed by atoms with Gasteiger partial charge in [0.1, 0.15) is 5.69 Å². The molecule has 138 valence electrons. The summed E-state index contributed by atoms with van der Waals surface area (Å²) < 4.78 is 10.2. The van der Waals surface area contributed by atoms with E-state index in [1.807, 2.05) is 17.2 Å². The molecule has 0 N–H and O–H groups in total. The van der Waals surface area contributed by atoms with Gasteiger partial charge in [-0.15, -0.1) is 0 Å². The summed E-state index contributed by atoms with van der Waals surface area (Å²) in [4.78, 5) is 29.4. The van der Waals surface area contributed by atoms with E-state index in [1.54, 1.807) is 12.3 Å². The summed E-state index contributed by atoms with van der Waals surface area (Å²) in [5.74, 6) is 0.168. The number of hydrogen-bond acceptors (Lipinski definition) is 7. The van der Waals surface area contributed by atoms with Gasteiger partial charge in [0, 0.05) is 50.3 Å². The zero-order valence-electron chi connectivity index (χ0n) is 15.3. The van der Waals surface area contributed by atoms with Crippen LogP contribution in [0.2, 0.25) is 0 Å². The van der Waals surface area contributed by atoms with Gasteiger partial charge in [0.25, 0.3) is 5.91 Å². The molecule has 8 heteroatoms. The van der Waals surface area contributed by atoms with E-state index in [1.165, 1.54) is 19.9 Å². The average molecular weight is 357 g/mol. The number of amides is 1. The van der Waals surface area contributed by atoms with E-state index in [0.29, 0.717) is 19.0 Å². The van der Waals surface area contributed by atoms with Gasteiger partial charge in [0.15, 0.2) is 0 Å². The number of anilines is 1. The third kappa shape index (κ3) is 3.84. The van der Waals surface area contributed by atoms with Gasteiger partial charge in [-0.1, -0.05) is 0 Å². The number of methoxy groups -OCH3 is 2. The number of carbonyl (C=O) groups is 1. The molecule has 2 aromatic heterocycles. The van der Waals surface area contributed by atoms with Crippen LogP contribution in [0, 0.1) is 6.92 Å². The minimum absolute atomic E-state index is 0.122. The fraction of sp³-hybridized carbons (Fsp3) is 0.444. The van der Waals surface area contributed by atoms with Gasteiger partial charge in [0.05, 0.1) is 14.2 Å². The molecule has 8 nitrogen and oxygen atoms in total. The number of hydrogen-bond donors (Lipinski definition) is 0. The highest BCUT2D eigenvalue weighted by molar-refractivity contribution is 5.92. The zero-order valence-corrected chi connectivity index (χ0v) is 15.3. The molecule has 1 aliphatic heterocycles. The van der Waals surface area contributed by atoms with Gasteiger partial charge in [-0.2, -0.15) is 9.97 Å². The van der Waals surface area contributed by atoms with Crippen molar-refractivity contribution in [3.8, 4) is 11.9 Å². The van der Waals surface area contributed by atoms with E-state index in [0.717, 1.165) is 25.1 Å². The average Bonchev–Trinajstić information content (AvgIpc) is 2.93. The van der Waals surface area contributed by atoms with E-state index in [4.69, 9.17) is 9.47 Å². The lowest BCUT2D eigenvalue weighted by Crippen LogP contribution is -2.35. The highest BCUT2D eigenvalue weighted by Crippen LogP contribution is 2.21. The summed E-state index contributed by atoms with van der Waals surface area (Å²) in [5, 5.41) is 0. The summed E-state index contributed by atoms with van der Waals surface area (Å²) in [6, 6.07) is 3.68.